The molecule has 0 aromatic carbocycles. The van der Waals surface area contributed by atoms with E-state index in [1.54, 1.807) is 0 Å². The van der Waals surface area contributed by atoms with Gasteiger partial charge in [-0.3, -0.25) is 4.79 Å². The first kappa shape index (κ1) is 15.4. The van der Waals surface area contributed by atoms with Gasteiger partial charge < -0.3 is 9.80 Å². The Bertz CT molecular complexity index is 220. The Balaban J connectivity index is 4.45. The van der Waals surface area contributed by atoms with Crippen LogP contribution in [0.2, 0.25) is 0 Å². The van der Waals surface area contributed by atoms with Crippen LogP contribution in [0.4, 0.5) is 0 Å². The predicted molar refractivity (Wildman–Crippen MR) is 69.5 cm³/mol. The van der Waals surface area contributed by atoms with Crippen molar-refractivity contribution >= 4 is 5.91 Å². The molecule has 0 aliphatic rings. The highest BCUT2D eigenvalue weighted by molar-refractivity contribution is 5.76. The number of rotatable bonds is 6. The standard InChI is InChI=1S/C13H28N2O/c1-8-15(9-2)12(16)10-11(3)13(4,5)14(6)7/h11H,8-10H2,1-7H3. The molecule has 0 aromatic rings. The smallest absolute Gasteiger partial charge is 0.222 e. The van der Waals surface area contributed by atoms with Crippen molar-refractivity contribution in [3.05, 3.63) is 0 Å². The van der Waals surface area contributed by atoms with Crippen molar-refractivity contribution in [1.82, 2.24) is 9.80 Å². The molecule has 0 N–H and O–H groups in total. The second-order valence-corrected chi connectivity index (χ2v) is 5.22. The lowest BCUT2D eigenvalue weighted by molar-refractivity contribution is -0.132. The summed E-state index contributed by atoms with van der Waals surface area (Å²) in [4.78, 5) is 16.1. The fourth-order valence-corrected chi connectivity index (χ4v) is 1.66. The third kappa shape index (κ3) is 3.78. The molecule has 0 fully saturated rings. The zero-order valence-corrected chi connectivity index (χ0v) is 12.0. The first-order valence-corrected chi connectivity index (χ1v) is 6.22. The van der Waals surface area contributed by atoms with Crippen LogP contribution in [-0.2, 0) is 4.79 Å². The highest BCUT2D eigenvalue weighted by Crippen LogP contribution is 2.25. The van der Waals surface area contributed by atoms with Crippen LogP contribution in [0.3, 0.4) is 0 Å². The van der Waals surface area contributed by atoms with Gasteiger partial charge in [0.25, 0.3) is 0 Å². The number of amides is 1. The molecule has 0 saturated heterocycles. The summed E-state index contributed by atoms with van der Waals surface area (Å²) in [6, 6.07) is 0. The summed E-state index contributed by atoms with van der Waals surface area (Å²) in [5.74, 6) is 0.628. The number of hydrogen-bond donors (Lipinski definition) is 0. The van der Waals surface area contributed by atoms with Crippen LogP contribution in [-0.4, -0.2) is 48.4 Å². The first-order valence-electron chi connectivity index (χ1n) is 6.22. The van der Waals surface area contributed by atoms with Crippen LogP contribution in [0, 0.1) is 5.92 Å². The van der Waals surface area contributed by atoms with Gasteiger partial charge in [-0.1, -0.05) is 6.92 Å². The van der Waals surface area contributed by atoms with Gasteiger partial charge in [0.1, 0.15) is 0 Å². The Hall–Kier alpha value is -0.570. The van der Waals surface area contributed by atoms with E-state index in [0.29, 0.717) is 12.3 Å². The van der Waals surface area contributed by atoms with Crippen molar-refractivity contribution in [3.63, 3.8) is 0 Å². The molecule has 16 heavy (non-hydrogen) atoms. The van der Waals surface area contributed by atoms with Gasteiger partial charge in [0.15, 0.2) is 0 Å². The first-order chi connectivity index (χ1) is 7.27. The fourth-order valence-electron chi connectivity index (χ4n) is 1.66. The van der Waals surface area contributed by atoms with E-state index >= 15 is 0 Å². The van der Waals surface area contributed by atoms with Gasteiger partial charge in [-0.2, -0.15) is 0 Å². The summed E-state index contributed by atoms with van der Waals surface area (Å²) in [6.07, 6.45) is 0.632. The van der Waals surface area contributed by atoms with Crippen molar-refractivity contribution in [2.45, 2.75) is 46.6 Å². The van der Waals surface area contributed by atoms with Gasteiger partial charge in [-0.25, -0.2) is 0 Å². The molecule has 3 nitrogen and oxygen atoms in total. The van der Waals surface area contributed by atoms with Gasteiger partial charge >= 0.3 is 0 Å². The lowest BCUT2D eigenvalue weighted by Crippen LogP contribution is -2.46. The van der Waals surface area contributed by atoms with Gasteiger partial charge in [0, 0.05) is 25.0 Å². The van der Waals surface area contributed by atoms with E-state index in [-0.39, 0.29) is 11.4 Å². The second-order valence-electron chi connectivity index (χ2n) is 5.22. The van der Waals surface area contributed by atoms with Crippen molar-refractivity contribution in [2.75, 3.05) is 27.2 Å². The molecule has 96 valence electrons. The lowest BCUT2D eigenvalue weighted by atomic mass is 9.85. The minimum absolute atomic E-state index is 0.0583. The van der Waals surface area contributed by atoms with Crippen LogP contribution < -0.4 is 0 Å². The molecule has 0 rings (SSSR count). The number of carbonyl (C=O) groups excluding carboxylic acids is 1. The van der Waals surface area contributed by atoms with E-state index in [0.717, 1.165) is 13.1 Å². The lowest BCUT2D eigenvalue weighted by Gasteiger charge is -2.38. The third-order valence-electron chi connectivity index (χ3n) is 3.96. The number of hydrogen-bond acceptors (Lipinski definition) is 2. The van der Waals surface area contributed by atoms with Gasteiger partial charge in [0.2, 0.25) is 5.91 Å². The summed E-state index contributed by atoms with van der Waals surface area (Å²) in [7, 11) is 4.14. The molecular weight excluding hydrogens is 200 g/mol. The molecule has 1 atom stereocenters. The highest BCUT2D eigenvalue weighted by Gasteiger charge is 2.30. The third-order valence-corrected chi connectivity index (χ3v) is 3.96. The average molecular weight is 228 g/mol. The molecule has 0 heterocycles. The van der Waals surface area contributed by atoms with E-state index in [4.69, 9.17) is 0 Å². The van der Waals surface area contributed by atoms with E-state index < -0.39 is 0 Å². The Labute approximate surface area is 101 Å². The monoisotopic (exact) mass is 228 g/mol. The summed E-state index contributed by atoms with van der Waals surface area (Å²) in [5.41, 5.74) is 0.0583. The maximum absolute atomic E-state index is 12.0. The molecule has 0 aromatic heterocycles. The average Bonchev–Trinajstić information content (AvgIpc) is 2.18. The maximum atomic E-state index is 12.0. The van der Waals surface area contributed by atoms with Gasteiger partial charge in [0.05, 0.1) is 0 Å². The number of carbonyl (C=O) groups is 1. The molecule has 0 aliphatic heterocycles. The van der Waals surface area contributed by atoms with Crippen LogP contribution >= 0.6 is 0 Å². The van der Waals surface area contributed by atoms with E-state index in [9.17, 15) is 4.79 Å². The summed E-state index contributed by atoms with van der Waals surface area (Å²) < 4.78 is 0. The normalized spacial score (nSPS) is 14.0. The van der Waals surface area contributed by atoms with Crippen LogP contribution in [0.15, 0.2) is 0 Å². The molecule has 0 saturated carbocycles. The summed E-state index contributed by atoms with van der Waals surface area (Å²) in [6.45, 7) is 12.2. The minimum atomic E-state index is 0.0583. The van der Waals surface area contributed by atoms with Gasteiger partial charge in [-0.15, -0.1) is 0 Å². The molecule has 1 amide bonds. The Morgan fingerprint density at radius 1 is 1.19 bits per heavy atom. The van der Waals surface area contributed by atoms with Crippen molar-refractivity contribution in [1.29, 1.82) is 0 Å². The zero-order valence-electron chi connectivity index (χ0n) is 12.0. The SMILES string of the molecule is CCN(CC)C(=O)CC(C)C(C)(C)N(C)C. The molecule has 0 aliphatic carbocycles. The molecular formula is C13H28N2O. The quantitative estimate of drug-likeness (QED) is 0.696. The minimum Gasteiger partial charge on any atom is -0.343 e. The molecule has 0 radical (unpaired) electrons. The second kappa shape index (κ2) is 6.24. The Morgan fingerprint density at radius 2 is 1.62 bits per heavy atom. The Kier molecular flexibility index (Phi) is 6.01. The molecule has 0 spiro atoms. The van der Waals surface area contributed by atoms with E-state index in [2.05, 4.69) is 39.8 Å². The number of nitrogens with zero attached hydrogens (tertiary/aromatic N) is 2. The maximum Gasteiger partial charge on any atom is 0.222 e. The molecule has 1 unspecified atom stereocenters. The van der Waals surface area contributed by atoms with Gasteiger partial charge in [-0.05, 0) is 47.7 Å². The zero-order chi connectivity index (χ0) is 12.9. The van der Waals surface area contributed by atoms with Crippen molar-refractivity contribution in [2.24, 2.45) is 5.92 Å². The Morgan fingerprint density at radius 3 is 1.94 bits per heavy atom. The van der Waals surface area contributed by atoms with E-state index in [1.807, 2.05) is 18.7 Å². The topological polar surface area (TPSA) is 23.6 Å². The summed E-state index contributed by atoms with van der Waals surface area (Å²) >= 11 is 0. The summed E-state index contributed by atoms with van der Waals surface area (Å²) in [5, 5.41) is 0. The van der Waals surface area contributed by atoms with E-state index in [1.165, 1.54) is 0 Å². The van der Waals surface area contributed by atoms with Crippen LogP contribution in [0.1, 0.15) is 41.0 Å². The van der Waals surface area contributed by atoms with Crippen molar-refractivity contribution in [3.8, 4) is 0 Å². The van der Waals surface area contributed by atoms with Crippen LogP contribution in [0.25, 0.3) is 0 Å². The molecule has 3 heteroatoms. The predicted octanol–water partition coefficient (Wildman–Crippen LogP) is 2.22. The highest BCUT2D eigenvalue weighted by atomic mass is 16.2. The van der Waals surface area contributed by atoms with Crippen LogP contribution in [0.5, 0.6) is 0 Å². The van der Waals surface area contributed by atoms with Crippen molar-refractivity contribution < 1.29 is 4.79 Å². The molecule has 0 bridgehead atoms. The fraction of sp³-hybridized carbons (Fsp3) is 0.923. The largest absolute Gasteiger partial charge is 0.343 e.